The topological polar surface area (TPSA) is 17.1 Å². The molecule has 1 unspecified atom stereocenters. The molecule has 1 atom stereocenters. The van der Waals surface area contributed by atoms with Crippen LogP contribution in [0.1, 0.15) is 47.5 Å². The lowest BCUT2D eigenvalue weighted by atomic mass is 10.1. The van der Waals surface area contributed by atoms with E-state index < -0.39 is 0 Å². The summed E-state index contributed by atoms with van der Waals surface area (Å²) >= 11 is 0. The zero-order chi connectivity index (χ0) is 12.6. The number of rotatable bonds is 0. The number of Topliss-reactive ketones (excluding diaryl/α,β-unsaturated/α-hetero) is 1. The van der Waals surface area contributed by atoms with Gasteiger partial charge >= 0.3 is 0 Å². The molecular weight excluding hydrogens is 196 g/mol. The predicted molar refractivity (Wildman–Crippen MR) is 71.4 cm³/mol. The van der Waals surface area contributed by atoms with Crippen LogP contribution in [0, 0.1) is 5.92 Å². The van der Waals surface area contributed by atoms with Gasteiger partial charge in [-0.3, -0.25) is 4.79 Å². The van der Waals surface area contributed by atoms with Gasteiger partial charge in [-0.05, 0) is 17.9 Å². The standard InChI is InChI=1S/C11H12O.2C2H6/c1-8-3-2-4-9-5-6-11(12)10(9)7-8;2*1-2/h2-4,7-8H,5-6H2,1H3;2*1-2H3. The zero-order valence-electron chi connectivity index (χ0n) is 11.2. The SMILES string of the molecule is CC.CC.CC1C=CC=C2CCC(=O)C2=C1. The smallest absolute Gasteiger partial charge is 0.163 e. The largest absolute Gasteiger partial charge is 0.294 e. The van der Waals surface area contributed by atoms with Gasteiger partial charge in [0.1, 0.15) is 0 Å². The molecule has 1 heteroatoms. The van der Waals surface area contributed by atoms with Crippen LogP contribution in [0.5, 0.6) is 0 Å². The molecule has 1 saturated carbocycles. The summed E-state index contributed by atoms with van der Waals surface area (Å²) in [5.41, 5.74) is 2.19. The molecule has 0 aromatic carbocycles. The van der Waals surface area contributed by atoms with Crippen LogP contribution in [0.25, 0.3) is 0 Å². The molecule has 0 amide bonds. The Labute approximate surface area is 99.9 Å². The molecule has 0 radical (unpaired) electrons. The van der Waals surface area contributed by atoms with E-state index in [2.05, 4.69) is 31.2 Å². The lowest BCUT2D eigenvalue weighted by Crippen LogP contribution is -1.94. The van der Waals surface area contributed by atoms with E-state index >= 15 is 0 Å². The fourth-order valence-electron chi connectivity index (χ4n) is 1.74. The van der Waals surface area contributed by atoms with E-state index in [-0.39, 0.29) is 0 Å². The van der Waals surface area contributed by atoms with E-state index in [1.165, 1.54) is 5.57 Å². The summed E-state index contributed by atoms with van der Waals surface area (Å²) in [6, 6.07) is 0. The number of carbonyl (C=O) groups is 1. The maximum Gasteiger partial charge on any atom is 0.163 e. The van der Waals surface area contributed by atoms with Crippen molar-refractivity contribution in [1.29, 1.82) is 0 Å². The average Bonchev–Trinajstić information content (AvgIpc) is 2.56. The fourth-order valence-corrected chi connectivity index (χ4v) is 1.74. The van der Waals surface area contributed by atoms with Gasteiger partial charge in [0.2, 0.25) is 0 Å². The quantitative estimate of drug-likeness (QED) is 0.589. The number of ketones is 1. The summed E-state index contributed by atoms with van der Waals surface area (Å²) in [5.74, 6) is 0.715. The van der Waals surface area contributed by atoms with Crippen molar-refractivity contribution in [3.05, 3.63) is 35.5 Å². The van der Waals surface area contributed by atoms with Crippen LogP contribution >= 0.6 is 0 Å². The zero-order valence-corrected chi connectivity index (χ0v) is 11.2. The monoisotopic (exact) mass is 220 g/mol. The third-order valence-electron chi connectivity index (χ3n) is 2.41. The van der Waals surface area contributed by atoms with Crippen LogP contribution in [0.2, 0.25) is 0 Å². The molecule has 0 heterocycles. The first-order valence-electron chi connectivity index (χ1n) is 6.40. The third kappa shape index (κ3) is 3.80. The highest BCUT2D eigenvalue weighted by Gasteiger charge is 2.22. The molecule has 2 aliphatic carbocycles. The van der Waals surface area contributed by atoms with Gasteiger partial charge in [-0.25, -0.2) is 0 Å². The summed E-state index contributed by atoms with van der Waals surface area (Å²) in [6.45, 7) is 10.1. The molecule has 0 N–H and O–H groups in total. The Morgan fingerprint density at radius 1 is 1.12 bits per heavy atom. The van der Waals surface area contributed by atoms with E-state index in [1.54, 1.807) is 0 Å². The normalized spacial score (nSPS) is 21.6. The van der Waals surface area contributed by atoms with Crippen molar-refractivity contribution in [3.63, 3.8) is 0 Å². The molecule has 2 aliphatic rings. The van der Waals surface area contributed by atoms with Gasteiger partial charge in [-0.1, -0.05) is 58.9 Å². The highest BCUT2D eigenvalue weighted by Crippen LogP contribution is 2.30. The minimum absolute atomic E-state index is 0.316. The number of hydrogen-bond donors (Lipinski definition) is 0. The summed E-state index contributed by atoms with van der Waals surface area (Å²) in [4.78, 5) is 11.4. The molecule has 0 bridgehead atoms. The van der Waals surface area contributed by atoms with E-state index in [1.807, 2.05) is 27.7 Å². The van der Waals surface area contributed by atoms with Gasteiger partial charge in [-0.2, -0.15) is 0 Å². The van der Waals surface area contributed by atoms with E-state index in [0.29, 0.717) is 18.1 Å². The van der Waals surface area contributed by atoms with E-state index in [4.69, 9.17) is 0 Å². The van der Waals surface area contributed by atoms with Gasteiger partial charge in [0.25, 0.3) is 0 Å². The van der Waals surface area contributed by atoms with Gasteiger partial charge in [0.05, 0.1) is 0 Å². The van der Waals surface area contributed by atoms with Crippen LogP contribution < -0.4 is 0 Å². The highest BCUT2D eigenvalue weighted by molar-refractivity contribution is 6.03. The van der Waals surface area contributed by atoms with Crippen LogP contribution in [0.15, 0.2) is 35.5 Å². The summed E-state index contributed by atoms with van der Waals surface area (Å²) in [7, 11) is 0. The van der Waals surface area contributed by atoms with Crippen molar-refractivity contribution in [2.24, 2.45) is 5.92 Å². The fraction of sp³-hybridized carbons (Fsp3) is 0.533. The van der Waals surface area contributed by atoms with Crippen molar-refractivity contribution < 1.29 is 4.79 Å². The van der Waals surface area contributed by atoms with Crippen molar-refractivity contribution in [3.8, 4) is 0 Å². The average molecular weight is 220 g/mol. The lowest BCUT2D eigenvalue weighted by Gasteiger charge is -1.98. The highest BCUT2D eigenvalue weighted by atomic mass is 16.1. The van der Waals surface area contributed by atoms with Crippen molar-refractivity contribution in [2.45, 2.75) is 47.5 Å². The van der Waals surface area contributed by atoms with Crippen LogP contribution in [-0.4, -0.2) is 5.78 Å². The molecule has 0 aromatic heterocycles. The van der Waals surface area contributed by atoms with Crippen LogP contribution in [-0.2, 0) is 4.79 Å². The van der Waals surface area contributed by atoms with Crippen LogP contribution in [0.3, 0.4) is 0 Å². The minimum atomic E-state index is 0.316. The molecule has 0 aliphatic heterocycles. The van der Waals surface area contributed by atoms with Gasteiger partial charge in [0.15, 0.2) is 5.78 Å². The first kappa shape index (κ1) is 14.9. The first-order chi connectivity index (χ1) is 7.77. The maximum absolute atomic E-state index is 11.4. The maximum atomic E-state index is 11.4. The van der Waals surface area contributed by atoms with E-state index in [9.17, 15) is 4.79 Å². The molecular formula is C15H24O. The molecule has 2 rings (SSSR count). The number of carbonyl (C=O) groups excluding carboxylic acids is 1. The first-order valence-corrected chi connectivity index (χ1v) is 6.40. The second kappa shape index (κ2) is 8.09. The molecule has 0 saturated heterocycles. The summed E-state index contributed by atoms with van der Waals surface area (Å²) in [6.07, 6.45) is 9.96. The Morgan fingerprint density at radius 3 is 2.38 bits per heavy atom. The number of fused-ring (bicyclic) bond motifs is 1. The number of hydrogen-bond acceptors (Lipinski definition) is 1. The summed E-state index contributed by atoms with van der Waals surface area (Å²) < 4.78 is 0. The lowest BCUT2D eigenvalue weighted by molar-refractivity contribution is -0.114. The third-order valence-corrected chi connectivity index (χ3v) is 2.41. The van der Waals surface area contributed by atoms with Crippen molar-refractivity contribution >= 4 is 5.78 Å². The Balaban J connectivity index is 0.000000509. The second-order valence-corrected chi connectivity index (χ2v) is 3.44. The van der Waals surface area contributed by atoms with Crippen molar-refractivity contribution in [2.75, 3.05) is 0 Å². The van der Waals surface area contributed by atoms with Crippen molar-refractivity contribution in [1.82, 2.24) is 0 Å². The number of allylic oxidation sites excluding steroid dienone is 6. The Hall–Kier alpha value is -1.11. The molecule has 1 nitrogen and oxygen atoms in total. The molecule has 0 aromatic rings. The minimum Gasteiger partial charge on any atom is -0.294 e. The molecule has 0 spiro atoms. The summed E-state index contributed by atoms with van der Waals surface area (Å²) in [5, 5.41) is 0. The molecule has 1 fully saturated rings. The predicted octanol–water partition coefficient (Wildman–Crippen LogP) is 4.46. The van der Waals surface area contributed by atoms with Gasteiger partial charge in [-0.15, -0.1) is 0 Å². The Bertz CT molecular complexity index is 305. The van der Waals surface area contributed by atoms with Gasteiger partial charge in [0, 0.05) is 12.0 Å². The van der Waals surface area contributed by atoms with Gasteiger partial charge < -0.3 is 0 Å². The molecule has 90 valence electrons. The van der Waals surface area contributed by atoms with Crippen LogP contribution in [0.4, 0.5) is 0 Å². The Morgan fingerprint density at radius 2 is 1.75 bits per heavy atom. The second-order valence-electron chi connectivity index (χ2n) is 3.44. The Kier molecular flexibility index (Phi) is 7.53. The van der Waals surface area contributed by atoms with E-state index in [0.717, 1.165) is 12.0 Å². The molecule has 16 heavy (non-hydrogen) atoms.